The van der Waals surface area contributed by atoms with E-state index in [0.29, 0.717) is 17.1 Å². The molecule has 0 amide bonds. The molecule has 5 nitrogen and oxygen atoms in total. The molecule has 0 radical (unpaired) electrons. The van der Waals surface area contributed by atoms with Crippen molar-refractivity contribution in [3.8, 4) is 0 Å². The molecular weight excluding hydrogens is 347 g/mol. The maximum absolute atomic E-state index is 12.3. The number of nitrogens with one attached hydrogen (secondary N) is 1. The summed E-state index contributed by atoms with van der Waals surface area (Å²) in [5, 5.41) is 0.589. The van der Waals surface area contributed by atoms with E-state index in [4.69, 9.17) is 27.9 Å². The Labute approximate surface area is 141 Å². The molecular formula is C14H20Cl2N2O3S. The number of halogens is 2. The standard InChI is InChI=1S/C14H20Cl2N2O3S/c1-11-9-12(15)13(16)10-14(11)22(19,20)17-3-2-4-18-5-7-21-8-6-18/h9-10,17H,2-8H2,1H3. The molecule has 0 unspecified atom stereocenters. The number of hydrogen-bond donors (Lipinski definition) is 1. The highest BCUT2D eigenvalue weighted by Gasteiger charge is 2.18. The highest BCUT2D eigenvalue weighted by Crippen LogP contribution is 2.27. The predicted octanol–water partition coefficient (Wildman–Crippen LogP) is 2.30. The van der Waals surface area contributed by atoms with Crippen LogP contribution in [0, 0.1) is 6.92 Å². The molecule has 0 bridgehead atoms. The fourth-order valence-electron chi connectivity index (χ4n) is 2.33. The molecule has 2 rings (SSSR count). The van der Waals surface area contributed by atoms with Gasteiger partial charge in [-0.25, -0.2) is 13.1 Å². The molecule has 0 aliphatic carbocycles. The van der Waals surface area contributed by atoms with Crippen LogP contribution in [0.15, 0.2) is 17.0 Å². The Bertz CT molecular complexity index is 617. The van der Waals surface area contributed by atoms with Crippen molar-refractivity contribution < 1.29 is 13.2 Å². The molecule has 0 aromatic heterocycles. The second kappa shape index (κ2) is 7.95. The Balaban J connectivity index is 1.89. The molecule has 1 N–H and O–H groups in total. The van der Waals surface area contributed by atoms with Crippen LogP contribution in [0.5, 0.6) is 0 Å². The van der Waals surface area contributed by atoms with Gasteiger partial charge in [-0.05, 0) is 37.6 Å². The Morgan fingerprint density at radius 1 is 1.23 bits per heavy atom. The third kappa shape index (κ3) is 4.81. The Morgan fingerprint density at radius 3 is 2.55 bits per heavy atom. The number of sulfonamides is 1. The molecule has 0 spiro atoms. The highest BCUT2D eigenvalue weighted by atomic mass is 35.5. The van der Waals surface area contributed by atoms with Gasteiger partial charge < -0.3 is 4.74 Å². The van der Waals surface area contributed by atoms with Gasteiger partial charge in [-0.3, -0.25) is 4.90 Å². The fourth-order valence-corrected chi connectivity index (χ4v) is 4.10. The van der Waals surface area contributed by atoms with Gasteiger partial charge in [0.05, 0.1) is 28.2 Å². The minimum atomic E-state index is -3.57. The summed E-state index contributed by atoms with van der Waals surface area (Å²) in [5.41, 5.74) is 0.579. The van der Waals surface area contributed by atoms with E-state index >= 15 is 0 Å². The first-order chi connectivity index (χ1) is 10.4. The first kappa shape index (κ1) is 18.0. The van der Waals surface area contributed by atoms with Crippen molar-refractivity contribution >= 4 is 33.2 Å². The zero-order valence-electron chi connectivity index (χ0n) is 12.4. The maximum Gasteiger partial charge on any atom is 0.240 e. The Morgan fingerprint density at radius 2 is 1.86 bits per heavy atom. The summed E-state index contributed by atoms with van der Waals surface area (Å²) in [6.45, 7) is 6.23. The number of morpholine rings is 1. The molecule has 0 atom stereocenters. The summed E-state index contributed by atoms with van der Waals surface area (Å²) in [6.07, 6.45) is 0.750. The van der Waals surface area contributed by atoms with Gasteiger partial charge in [0, 0.05) is 19.6 Å². The van der Waals surface area contributed by atoms with Crippen molar-refractivity contribution in [1.82, 2.24) is 9.62 Å². The van der Waals surface area contributed by atoms with Crippen LogP contribution < -0.4 is 4.72 Å². The van der Waals surface area contributed by atoms with Gasteiger partial charge in [0.25, 0.3) is 0 Å². The van der Waals surface area contributed by atoms with Gasteiger partial charge in [0.15, 0.2) is 0 Å². The fraction of sp³-hybridized carbons (Fsp3) is 0.571. The van der Waals surface area contributed by atoms with Crippen molar-refractivity contribution in [2.45, 2.75) is 18.2 Å². The maximum atomic E-state index is 12.3. The van der Waals surface area contributed by atoms with E-state index in [9.17, 15) is 8.42 Å². The summed E-state index contributed by atoms with van der Waals surface area (Å²) < 4.78 is 32.5. The van der Waals surface area contributed by atoms with Gasteiger partial charge in [-0.2, -0.15) is 0 Å². The third-order valence-corrected chi connectivity index (χ3v) is 5.88. The summed E-state index contributed by atoms with van der Waals surface area (Å²) in [6, 6.07) is 2.95. The third-order valence-electron chi connectivity index (χ3n) is 3.55. The number of ether oxygens (including phenoxy) is 1. The lowest BCUT2D eigenvalue weighted by atomic mass is 10.2. The first-order valence-corrected chi connectivity index (χ1v) is 9.39. The Kier molecular flexibility index (Phi) is 6.49. The van der Waals surface area contributed by atoms with E-state index in [1.54, 1.807) is 13.0 Å². The van der Waals surface area contributed by atoms with Gasteiger partial charge in [-0.1, -0.05) is 23.2 Å². The van der Waals surface area contributed by atoms with Crippen LogP contribution in [0.2, 0.25) is 10.0 Å². The molecule has 1 saturated heterocycles. The van der Waals surface area contributed by atoms with Crippen molar-refractivity contribution in [3.63, 3.8) is 0 Å². The van der Waals surface area contributed by atoms with E-state index < -0.39 is 10.0 Å². The van der Waals surface area contributed by atoms with E-state index in [0.717, 1.165) is 39.3 Å². The zero-order valence-corrected chi connectivity index (χ0v) is 14.8. The first-order valence-electron chi connectivity index (χ1n) is 7.15. The average molecular weight is 367 g/mol. The van der Waals surface area contributed by atoms with Crippen molar-refractivity contribution in [2.75, 3.05) is 39.4 Å². The second-order valence-corrected chi connectivity index (χ2v) is 7.79. The van der Waals surface area contributed by atoms with E-state index in [2.05, 4.69) is 9.62 Å². The molecule has 1 heterocycles. The molecule has 1 fully saturated rings. The predicted molar refractivity (Wildman–Crippen MR) is 88.3 cm³/mol. The molecule has 1 aromatic rings. The summed E-state index contributed by atoms with van der Waals surface area (Å²) in [5.74, 6) is 0. The SMILES string of the molecule is Cc1cc(Cl)c(Cl)cc1S(=O)(=O)NCCCN1CCOCC1. The monoisotopic (exact) mass is 366 g/mol. The minimum absolute atomic E-state index is 0.174. The van der Waals surface area contributed by atoms with Crippen molar-refractivity contribution in [1.29, 1.82) is 0 Å². The summed E-state index contributed by atoms with van der Waals surface area (Å²) >= 11 is 11.8. The van der Waals surface area contributed by atoms with Crippen LogP contribution in [0.25, 0.3) is 0 Å². The van der Waals surface area contributed by atoms with Gasteiger partial charge in [0.1, 0.15) is 0 Å². The van der Waals surface area contributed by atoms with Gasteiger partial charge in [0.2, 0.25) is 10.0 Å². The normalized spacial score (nSPS) is 16.9. The lowest BCUT2D eigenvalue weighted by molar-refractivity contribution is 0.0376. The largest absolute Gasteiger partial charge is 0.379 e. The Hall–Kier alpha value is -0.370. The number of benzene rings is 1. The van der Waals surface area contributed by atoms with E-state index in [1.807, 2.05) is 0 Å². The molecule has 1 aliphatic rings. The van der Waals surface area contributed by atoms with Crippen LogP contribution in [-0.4, -0.2) is 52.7 Å². The minimum Gasteiger partial charge on any atom is -0.379 e. The van der Waals surface area contributed by atoms with Gasteiger partial charge in [-0.15, -0.1) is 0 Å². The second-order valence-electron chi connectivity index (χ2n) is 5.24. The lowest BCUT2D eigenvalue weighted by Gasteiger charge is -2.26. The number of nitrogens with zero attached hydrogens (tertiary/aromatic N) is 1. The van der Waals surface area contributed by atoms with Gasteiger partial charge >= 0.3 is 0 Å². The molecule has 1 aliphatic heterocycles. The van der Waals surface area contributed by atoms with Crippen LogP contribution >= 0.6 is 23.2 Å². The van der Waals surface area contributed by atoms with Crippen LogP contribution in [-0.2, 0) is 14.8 Å². The summed E-state index contributed by atoms with van der Waals surface area (Å²) in [4.78, 5) is 2.44. The van der Waals surface area contributed by atoms with Crippen LogP contribution in [0.4, 0.5) is 0 Å². The smallest absolute Gasteiger partial charge is 0.240 e. The average Bonchev–Trinajstić information content (AvgIpc) is 2.48. The summed E-state index contributed by atoms with van der Waals surface area (Å²) in [7, 11) is -3.57. The van der Waals surface area contributed by atoms with Crippen molar-refractivity contribution in [2.24, 2.45) is 0 Å². The van der Waals surface area contributed by atoms with Crippen LogP contribution in [0.1, 0.15) is 12.0 Å². The lowest BCUT2D eigenvalue weighted by Crippen LogP contribution is -2.38. The number of hydrogen-bond acceptors (Lipinski definition) is 4. The molecule has 8 heteroatoms. The zero-order chi connectivity index (χ0) is 16.2. The quantitative estimate of drug-likeness (QED) is 0.784. The number of aryl methyl sites for hydroxylation is 1. The molecule has 22 heavy (non-hydrogen) atoms. The van der Waals surface area contributed by atoms with Crippen LogP contribution in [0.3, 0.4) is 0 Å². The topological polar surface area (TPSA) is 58.6 Å². The van der Waals surface area contributed by atoms with Crippen molar-refractivity contribution in [3.05, 3.63) is 27.7 Å². The molecule has 1 aromatic carbocycles. The number of rotatable bonds is 6. The highest BCUT2D eigenvalue weighted by molar-refractivity contribution is 7.89. The van der Waals surface area contributed by atoms with E-state index in [1.165, 1.54) is 6.07 Å². The molecule has 0 saturated carbocycles. The molecule has 124 valence electrons. The van der Waals surface area contributed by atoms with E-state index in [-0.39, 0.29) is 9.92 Å².